The topological polar surface area (TPSA) is 125 Å². The van der Waals surface area contributed by atoms with Crippen LogP contribution in [0.1, 0.15) is 43.4 Å². The van der Waals surface area contributed by atoms with Gasteiger partial charge in [-0.05, 0) is 48.6 Å². The first-order valence-electron chi connectivity index (χ1n) is 13.3. The molecule has 1 saturated heterocycles. The number of nitrogens with zero attached hydrogens (tertiary/aromatic N) is 3. The highest BCUT2D eigenvalue weighted by molar-refractivity contribution is 7.89. The van der Waals surface area contributed by atoms with Crippen molar-refractivity contribution in [2.75, 3.05) is 29.1 Å². The van der Waals surface area contributed by atoms with E-state index in [2.05, 4.69) is 19.9 Å². The lowest BCUT2D eigenvalue weighted by Gasteiger charge is -2.32. The number of hydrogen-bond donors (Lipinski definition) is 4. The zero-order chi connectivity index (χ0) is 27.6. The van der Waals surface area contributed by atoms with E-state index in [0.29, 0.717) is 22.6 Å². The summed E-state index contributed by atoms with van der Waals surface area (Å²) in [6.45, 7) is 6.25. The van der Waals surface area contributed by atoms with Crippen molar-refractivity contribution in [1.29, 1.82) is 10.8 Å². The number of nitrogens with one attached hydrogen (secondary N) is 4. The number of rotatable bonds is 7. The number of hydrogen-bond acceptors (Lipinski definition) is 7. The fraction of sp³-hybridized carbons (Fsp3) is 0.345. The Hall–Kier alpha value is -3.60. The number of benzene rings is 2. The number of piperidine rings is 1. The Morgan fingerprint density at radius 2 is 1.79 bits per heavy atom. The molecule has 0 saturated carbocycles. The van der Waals surface area contributed by atoms with Crippen molar-refractivity contribution in [3.8, 4) is 0 Å². The Kier molecular flexibility index (Phi) is 7.79. The van der Waals surface area contributed by atoms with Crippen LogP contribution in [0.3, 0.4) is 0 Å². The molecule has 9 nitrogen and oxygen atoms in total. The van der Waals surface area contributed by atoms with Gasteiger partial charge in [-0.3, -0.25) is 20.6 Å². The summed E-state index contributed by atoms with van der Waals surface area (Å²) in [4.78, 5) is 8.43. The molecule has 0 aliphatic carbocycles. The lowest BCUT2D eigenvalue weighted by molar-refractivity contribution is 0.200. The van der Waals surface area contributed by atoms with Gasteiger partial charge in [0.2, 0.25) is 10.0 Å². The molecule has 1 fully saturated rings. The minimum atomic E-state index is -3.24. The van der Waals surface area contributed by atoms with E-state index in [1.165, 1.54) is 0 Å². The first-order chi connectivity index (χ1) is 18.7. The highest BCUT2D eigenvalue weighted by Gasteiger charge is 2.28. The Labute approximate surface area is 230 Å². The number of pyridine rings is 1. The molecule has 4 N–H and O–H groups in total. The molecule has 0 atom stereocenters. The van der Waals surface area contributed by atoms with Crippen molar-refractivity contribution in [3.05, 3.63) is 83.6 Å². The third-order valence-electron chi connectivity index (χ3n) is 7.03. The second-order valence-corrected chi connectivity index (χ2v) is 12.4. The van der Waals surface area contributed by atoms with Gasteiger partial charge in [-0.2, -0.15) is 0 Å². The fourth-order valence-electron chi connectivity index (χ4n) is 5.18. The van der Waals surface area contributed by atoms with Gasteiger partial charge in [0, 0.05) is 43.0 Å². The monoisotopic (exact) mass is 545 g/mol. The van der Waals surface area contributed by atoms with E-state index >= 15 is 0 Å². The smallest absolute Gasteiger partial charge is 0.212 e. The van der Waals surface area contributed by atoms with Crippen molar-refractivity contribution < 1.29 is 8.42 Å². The molecule has 3 heterocycles. The third kappa shape index (κ3) is 6.19. The number of para-hydroxylation sites is 1. The Morgan fingerprint density at radius 3 is 2.51 bits per heavy atom. The normalized spacial score (nSPS) is 16.4. The predicted octanol–water partition coefficient (Wildman–Crippen LogP) is 4.54. The summed E-state index contributed by atoms with van der Waals surface area (Å²) in [6, 6.07) is 19.2. The number of aromatic nitrogens is 1. The van der Waals surface area contributed by atoms with Crippen molar-refractivity contribution in [1.82, 2.24) is 14.6 Å². The number of sulfonamides is 1. The van der Waals surface area contributed by atoms with Gasteiger partial charge in [-0.1, -0.05) is 50.2 Å². The second-order valence-electron chi connectivity index (χ2n) is 10.6. The lowest BCUT2D eigenvalue weighted by Crippen LogP contribution is -2.45. The van der Waals surface area contributed by atoms with Crippen LogP contribution in [0.5, 0.6) is 0 Å². The molecule has 0 amide bonds. The van der Waals surface area contributed by atoms with Gasteiger partial charge in [-0.15, -0.1) is 0 Å². The molecule has 3 aromatic rings. The number of anilines is 3. The summed E-state index contributed by atoms with van der Waals surface area (Å²) in [5, 5.41) is 21.3. The summed E-state index contributed by atoms with van der Waals surface area (Å²) in [7, 11) is -3.24. The van der Waals surface area contributed by atoms with E-state index in [0.717, 1.165) is 43.7 Å². The molecule has 0 bridgehead atoms. The van der Waals surface area contributed by atoms with E-state index in [4.69, 9.17) is 10.8 Å². The summed E-state index contributed by atoms with van der Waals surface area (Å²) in [5.41, 5.74) is 3.97. The molecule has 0 unspecified atom stereocenters. The summed E-state index contributed by atoms with van der Waals surface area (Å²) in [5.74, 6) is 1.29. The minimum absolute atomic E-state index is 0.00576. The van der Waals surface area contributed by atoms with Crippen LogP contribution in [-0.2, 0) is 16.6 Å². The first-order valence-corrected chi connectivity index (χ1v) is 15.0. The van der Waals surface area contributed by atoms with Crippen LogP contribution in [-0.4, -0.2) is 54.9 Å². The van der Waals surface area contributed by atoms with Crippen molar-refractivity contribution in [2.24, 2.45) is 5.92 Å². The van der Waals surface area contributed by atoms with Gasteiger partial charge in [0.25, 0.3) is 0 Å². The standard InChI is InChI=1S/C29H35N7O2S/c1-20(2)19-39(37,38)34-23-13-16-35(17-14-23)18-21-9-11-22(12-10-21)27(30)36-26-8-5-15-32-29(26)33-25-7-4-3-6-24(25)28(36)31/h3-12,15,20,23,30-31,34H,13-14,16-19H2,1-2H3,(H,32,33). The number of likely N-dealkylation sites (tertiary alicyclic amines) is 1. The van der Waals surface area contributed by atoms with Crippen LogP contribution in [0.15, 0.2) is 66.9 Å². The maximum Gasteiger partial charge on any atom is 0.212 e. The summed E-state index contributed by atoms with van der Waals surface area (Å²) in [6.07, 6.45) is 3.28. The number of fused-ring (bicyclic) bond motifs is 2. The molecule has 1 aromatic heterocycles. The Balaban J connectivity index is 1.26. The van der Waals surface area contributed by atoms with Crippen LogP contribution in [0.2, 0.25) is 0 Å². The first kappa shape index (κ1) is 27.0. The fourth-order valence-corrected chi connectivity index (χ4v) is 6.90. The van der Waals surface area contributed by atoms with E-state index in [1.807, 2.05) is 74.5 Å². The van der Waals surface area contributed by atoms with Crippen LogP contribution >= 0.6 is 0 Å². The highest BCUT2D eigenvalue weighted by atomic mass is 32.2. The largest absolute Gasteiger partial charge is 0.338 e. The average molecular weight is 546 g/mol. The average Bonchev–Trinajstić information content (AvgIpc) is 3.03. The molecular weight excluding hydrogens is 510 g/mol. The number of amidine groups is 2. The molecule has 2 aromatic carbocycles. The quantitative estimate of drug-likeness (QED) is 0.255. The van der Waals surface area contributed by atoms with E-state index in [1.54, 1.807) is 11.1 Å². The van der Waals surface area contributed by atoms with Gasteiger partial charge in [0.1, 0.15) is 11.7 Å². The summed E-state index contributed by atoms with van der Waals surface area (Å²) >= 11 is 0. The van der Waals surface area contributed by atoms with Crippen molar-refractivity contribution >= 4 is 38.9 Å². The predicted molar refractivity (Wildman–Crippen MR) is 157 cm³/mol. The maximum absolute atomic E-state index is 12.3. The van der Waals surface area contributed by atoms with Gasteiger partial charge in [-0.25, -0.2) is 18.1 Å². The molecule has 39 heavy (non-hydrogen) atoms. The molecule has 10 heteroatoms. The Bertz CT molecular complexity index is 1460. The van der Waals surface area contributed by atoms with Gasteiger partial charge < -0.3 is 5.32 Å². The van der Waals surface area contributed by atoms with Gasteiger partial charge in [0.15, 0.2) is 5.82 Å². The van der Waals surface area contributed by atoms with Crippen molar-refractivity contribution in [3.63, 3.8) is 0 Å². The van der Waals surface area contributed by atoms with Crippen molar-refractivity contribution in [2.45, 2.75) is 39.3 Å². The molecule has 0 radical (unpaired) electrons. The van der Waals surface area contributed by atoms with E-state index in [-0.39, 0.29) is 29.4 Å². The van der Waals surface area contributed by atoms with Crippen LogP contribution in [0, 0.1) is 16.7 Å². The van der Waals surface area contributed by atoms with Crippen LogP contribution < -0.4 is 14.9 Å². The molecule has 204 valence electrons. The highest BCUT2D eigenvalue weighted by Crippen LogP contribution is 2.34. The van der Waals surface area contributed by atoms with Crippen LogP contribution in [0.25, 0.3) is 0 Å². The van der Waals surface area contributed by atoms with E-state index in [9.17, 15) is 8.42 Å². The minimum Gasteiger partial charge on any atom is -0.338 e. The molecule has 2 aliphatic heterocycles. The maximum atomic E-state index is 12.3. The van der Waals surface area contributed by atoms with Gasteiger partial charge in [0.05, 0.1) is 17.1 Å². The molecular formula is C29H35N7O2S. The Morgan fingerprint density at radius 1 is 1.08 bits per heavy atom. The zero-order valence-corrected chi connectivity index (χ0v) is 23.1. The molecule has 2 aliphatic rings. The lowest BCUT2D eigenvalue weighted by atomic mass is 10.0. The second kappa shape index (κ2) is 11.3. The SMILES string of the molecule is CC(C)CS(=O)(=O)NC1CCN(Cc2ccc(C(=N)N3C(=N)c4ccccc4Nc4ncccc43)cc2)CC1. The molecule has 5 rings (SSSR count). The van der Waals surface area contributed by atoms with Gasteiger partial charge >= 0.3 is 0 Å². The zero-order valence-electron chi connectivity index (χ0n) is 22.3. The van der Waals surface area contributed by atoms with E-state index < -0.39 is 10.0 Å². The van der Waals surface area contributed by atoms with Crippen LogP contribution in [0.4, 0.5) is 17.2 Å². The third-order valence-corrected chi connectivity index (χ3v) is 8.83. The molecule has 0 spiro atoms. The summed E-state index contributed by atoms with van der Waals surface area (Å²) < 4.78 is 27.4.